The van der Waals surface area contributed by atoms with Gasteiger partial charge in [0.25, 0.3) is 0 Å². The number of carbonyl (C=O) groups excluding carboxylic acids is 1. The van der Waals surface area contributed by atoms with E-state index in [4.69, 9.17) is 5.73 Å². The average Bonchev–Trinajstić information content (AvgIpc) is 2.77. The van der Waals surface area contributed by atoms with Gasteiger partial charge in [-0.3, -0.25) is 4.79 Å². The summed E-state index contributed by atoms with van der Waals surface area (Å²) in [5.74, 6) is -0.345. The molecule has 2 heterocycles. The van der Waals surface area contributed by atoms with Crippen LogP contribution in [0, 0.1) is 5.82 Å². The summed E-state index contributed by atoms with van der Waals surface area (Å²) in [6, 6.07) is 9.80. The molecule has 3 aromatic rings. The largest absolute Gasteiger partial charge is 0.397 e. The van der Waals surface area contributed by atoms with E-state index in [-0.39, 0.29) is 11.6 Å². The average molecular weight is 286 g/mol. The molecule has 0 spiro atoms. The predicted molar refractivity (Wildman–Crippen MR) is 79.4 cm³/mol. The van der Waals surface area contributed by atoms with Crippen molar-refractivity contribution in [2.24, 2.45) is 0 Å². The van der Waals surface area contributed by atoms with Gasteiger partial charge in [-0.05, 0) is 36.4 Å². The molecule has 0 aliphatic carbocycles. The highest BCUT2D eigenvalue weighted by Crippen LogP contribution is 2.34. The second-order valence-electron chi connectivity index (χ2n) is 4.46. The number of ketones is 1. The third-order valence-corrected chi connectivity index (χ3v) is 4.27. The second kappa shape index (κ2) is 4.68. The van der Waals surface area contributed by atoms with Crippen LogP contribution in [-0.2, 0) is 0 Å². The number of pyridine rings is 1. The quantitative estimate of drug-likeness (QED) is 0.727. The Morgan fingerprint density at radius 1 is 1.20 bits per heavy atom. The van der Waals surface area contributed by atoms with Gasteiger partial charge in [0.2, 0.25) is 0 Å². The number of thiophene rings is 1. The number of fused-ring (bicyclic) bond motifs is 1. The molecule has 0 bridgehead atoms. The smallest absolute Gasteiger partial charge is 0.171 e. The van der Waals surface area contributed by atoms with Crippen LogP contribution in [0.4, 0.5) is 10.1 Å². The first-order valence-electron chi connectivity index (χ1n) is 6.02. The molecular weight excluding hydrogens is 275 g/mol. The van der Waals surface area contributed by atoms with Gasteiger partial charge in [-0.25, -0.2) is 9.37 Å². The fourth-order valence-electron chi connectivity index (χ4n) is 2.04. The summed E-state index contributed by atoms with van der Waals surface area (Å²) in [5, 5.41) is 0.783. The Kier molecular flexibility index (Phi) is 2.99. The van der Waals surface area contributed by atoms with E-state index in [1.54, 1.807) is 12.1 Å². The molecule has 0 saturated carbocycles. The number of aromatic nitrogens is 1. The van der Waals surface area contributed by atoms with E-state index in [2.05, 4.69) is 4.98 Å². The SMILES string of the molecule is CC(=O)c1sc2nc(-c3ccc(F)cc3)ccc2c1N. The topological polar surface area (TPSA) is 56.0 Å². The highest BCUT2D eigenvalue weighted by atomic mass is 32.1. The van der Waals surface area contributed by atoms with Gasteiger partial charge in [0.1, 0.15) is 10.6 Å². The van der Waals surface area contributed by atoms with Crippen molar-refractivity contribution in [1.82, 2.24) is 4.98 Å². The van der Waals surface area contributed by atoms with E-state index in [1.165, 1.54) is 30.4 Å². The maximum atomic E-state index is 12.9. The van der Waals surface area contributed by atoms with Crippen LogP contribution in [-0.4, -0.2) is 10.8 Å². The van der Waals surface area contributed by atoms with Crippen molar-refractivity contribution in [3.05, 3.63) is 47.1 Å². The van der Waals surface area contributed by atoms with E-state index in [0.29, 0.717) is 10.6 Å². The molecule has 20 heavy (non-hydrogen) atoms. The summed E-state index contributed by atoms with van der Waals surface area (Å²) in [6.45, 7) is 1.49. The van der Waals surface area contributed by atoms with Crippen LogP contribution in [0.15, 0.2) is 36.4 Å². The fraction of sp³-hybridized carbons (Fsp3) is 0.0667. The number of nitrogen functional groups attached to an aromatic ring is 1. The summed E-state index contributed by atoms with van der Waals surface area (Å²) < 4.78 is 12.9. The van der Waals surface area contributed by atoms with Crippen LogP contribution in [0.5, 0.6) is 0 Å². The summed E-state index contributed by atoms with van der Waals surface area (Å²) in [5.41, 5.74) is 7.98. The van der Waals surface area contributed by atoms with Gasteiger partial charge in [0, 0.05) is 17.9 Å². The summed E-state index contributed by atoms with van der Waals surface area (Å²) in [6.07, 6.45) is 0. The summed E-state index contributed by atoms with van der Waals surface area (Å²) >= 11 is 1.28. The maximum Gasteiger partial charge on any atom is 0.171 e. The Labute approximate surface area is 118 Å². The van der Waals surface area contributed by atoms with E-state index in [0.717, 1.165) is 21.5 Å². The third-order valence-electron chi connectivity index (χ3n) is 3.05. The molecule has 0 fully saturated rings. The van der Waals surface area contributed by atoms with Crippen LogP contribution in [0.25, 0.3) is 21.5 Å². The molecule has 3 nitrogen and oxygen atoms in total. The van der Waals surface area contributed by atoms with Gasteiger partial charge in [-0.15, -0.1) is 11.3 Å². The molecule has 0 aliphatic heterocycles. The third kappa shape index (κ3) is 2.06. The zero-order valence-electron chi connectivity index (χ0n) is 10.7. The fourth-order valence-corrected chi connectivity index (χ4v) is 3.03. The van der Waals surface area contributed by atoms with Gasteiger partial charge in [0.15, 0.2) is 5.78 Å². The number of benzene rings is 1. The van der Waals surface area contributed by atoms with Crippen LogP contribution in [0.1, 0.15) is 16.6 Å². The molecule has 5 heteroatoms. The summed E-state index contributed by atoms with van der Waals surface area (Å²) in [7, 11) is 0. The minimum atomic E-state index is -0.283. The molecule has 0 amide bonds. The van der Waals surface area contributed by atoms with Crippen molar-refractivity contribution >= 4 is 33.0 Å². The monoisotopic (exact) mass is 286 g/mol. The van der Waals surface area contributed by atoms with E-state index < -0.39 is 0 Å². The van der Waals surface area contributed by atoms with Crippen molar-refractivity contribution in [3.63, 3.8) is 0 Å². The Hall–Kier alpha value is -2.27. The molecule has 0 aliphatic rings. The molecule has 2 N–H and O–H groups in total. The molecule has 1 aromatic carbocycles. The maximum absolute atomic E-state index is 12.9. The first kappa shape index (κ1) is 12.7. The number of hydrogen-bond acceptors (Lipinski definition) is 4. The lowest BCUT2D eigenvalue weighted by Crippen LogP contribution is -1.93. The lowest BCUT2D eigenvalue weighted by Gasteiger charge is -2.01. The number of rotatable bonds is 2. The molecule has 0 radical (unpaired) electrons. The van der Waals surface area contributed by atoms with Crippen molar-refractivity contribution in [2.75, 3.05) is 5.73 Å². The van der Waals surface area contributed by atoms with Crippen LogP contribution < -0.4 is 5.73 Å². The highest BCUT2D eigenvalue weighted by Gasteiger charge is 2.14. The molecule has 0 saturated heterocycles. The van der Waals surface area contributed by atoms with Gasteiger partial charge in [-0.2, -0.15) is 0 Å². The number of halogens is 1. The molecule has 3 rings (SSSR count). The van der Waals surface area contributed by atoms with Gasteiger partial charge < -0.3 is 5.73 Å². The normalized spacial score (nSPS) is 10.9. The minimum Gasteiger partial charge on any atom is -0.397 e. The molecular formula is C15H11FN2OS. The van der Waals surface area contributed by atoms with E-state index in [9.17, 15) is 9.18 Å². The molecule has 100 valence electrons. The number of hydrogen-bond donors (Lipinski definition) is 1. The van der Waals surface area contributed by atoms with Crippen LogP contribution >= 0.6 is 11.3 Å². The van der Waals surface area contributed by atoms with Gasteiger partial charge >= 0.3 is 0 Å². The first-order valence-corrected chi connectivity index (χ1v) is 6.84. The first-order chi connectivity index (χ1) is 9.56. The number of Topliss-reactive ketones (excluding diaryl/α,β-unsaturated/α-hetero) is 1. The zero-order valence-corrected chi connectivity index (χ0v) is 11.5. The lowest BCUT2D eigenvalue weighted by atomic mass is 10.1. The Morgan fingerprint density at radius 2 is 1.90 bits per heavy atom. The Morgan fingerprint density at radius 3 is 2.55 bits per heavy atom. The zero-order chi connectivity index (χ0) is 14.3. The lowest BCUT2D eigenvalue weighted by molar-refractivity contribution is 0.102. The Balaban J connectivity index is 2.15. The van der Waals surface area contributed by atoms with Crippen molar-refractivity contribution in [3.8, 4) is 11.3 Å². The minimum absolute atomic E-state index is 0.0613. The highest BCUT2D eigenvalue weighted by molar-refractivity contribution is 7.21. The molecule has 0 atom stereocenters. The van der Waals surface area contributed by atoms with Gasteiger partial charge in [0.05, 0.1) is 16.3 Å². The van der Waals surface area contributed by atoms with Crippen molar-refractivity contribution in [1.29, 1.82) is 0 Å². The van der Waals surface area contributed by atoms with Crippen molar-refractivity contribution < 1.29 is 9.18 Å². The number of nitrogens with two attached hydrogens (primary N) is 1. The standard InChI is InChI=1S/C15H11FN2OS/c1-8(19)14-13(17)11-6-7-12(18-15(11)20-14)9-2-4-10(16)5-3-9/h2-7H,17H2,1H3. The predicted octanol–water partition coefficient (Wildman–Crippen LogP) is 3.89. The number of anilines is 1. The van der Waals surface area contributed by atoms with Crippen LogP contribution in [0.3, 0.4) is 0 Å². The van der Waals surface area contributed by atoms with E-state index in [1.807, 2.05) is 12.1 Å². The summed E-state index contributed by atoms with van der Waals surface area (Å²) in [4.78, 5) is 17.2. The Bertz CT molecular complexity index is 809. The molecule has 0 unspecified atom stereocenters. The van der Waals surface area contributed by atoms with Gasteiger partial charge in [-0.1, -0.05) is 0 Å². The van der Waals surface area contributed by atoms with E-state index >= 15 is 0 Å². The number of carbonyl (C=O) groups is 1. The number of nitrogens with zero attached hydrogens (tertiary/aromatic N) is 1. The second-order valence-corrected chi connectivity index (χ2v) is 5.46. The molecule has 2 aromatic heterocycles. The van der Waals surface area contributed by atoms with Crippen LogP contribution in [0.2, 0.25) is 0 Å². The van der Waals surface area contributed by atoms with Crippen molar-refractivity contribution in [2.45, 2.75) is 6.92 Å².